The quantitative estimate of drug-likeness (QED) is 0.571. The Morgan fingerprint density at radius 1 is 1.00 bits per heavy atom. The summed E-state index contributed by atoms with van der Waals surface area (Å²) in [7, 11) is 3.04. The van der Waals surface area contributed by atoms with Gasteiger partial charge in [-0.05, 0) is 56.1 Å². The number of nitrogens with one attached hydrogen (secondary N) is 2. The lowest BCUT2D eigenvalue weighted by molar-refractivity contribution is -0.118. The molecule has 1 aliphatic rings. The van der Waals surface area contributed by atoms with Crippen molar-refractivity contribution in [2.45, 2.75) is 32.2 Å². The highest BCUT2D eigenvalue weighted by molar-refractivity contribution is 5.95. The number of carbonyl (C=O) groups excluding carboxylic acids is 2. The molecule has 1 fully saturated rings. The van der Waals surface area contributed by atoms with Gasteiger partial charge in [0.05, 0.1) is 19.9 Å². The zero-order chi connectivity index (χ0) is 23.6. The molecule has 1 aliphatic heterocycles. The lowest BCUT2D eigenvalue weighted by Gasteiger charge is -2.32. The number of carbonyl (C=O) groups is 2. The Labute approximate surface area is 195 Å². The number of piperidine rings is 1. The lowest BCUT2D eigenvalue weighted by atomic mass is 10.0. The largest absolute Gasteiger partial charge is 0.495 e. The van der Waals surface area contributed by atoms with Gasteiger partial charge >= 0.3 is 0 Å². The van der Waals surface area contributed by atoms with E-state index in [1.165, 1.54) is 7.11 Å². The molecule has 0 atom stereocenters. The molecule has 0 aliphatic carbocycles. The number of hydrogen-bond donors (Lipinski definition) is 2. The van der Waals surface area contributed by atoms with Gasteiger partial charge in [0.15, 0.2) is 18.1 Å². The molecule has 1 saturated heterocycles. The van der Waals surface area contributed by atoms with Gasteiger partial charge in [-0.1, -0.05) is 19.1 Å². The van der Waals surface area contributed by atoms with E-state index in [0.29, 0.717) is 28.5 Å². The molecule has 3 rings (SSSR count). The molecule has 0 aromatic heterocycles. The number of para-hydroxylation sites is 2. The van der Waals surface area contributed by atoms with E-state index in [0.717, 1.165) is 38.9 Å². The second-order valence-electron chi connectivity index (χ2n) is 7.99. The van der Waals surface area contributed by atoms with Crippen molar-refractivity contribution in [3.63, 3.8) is 0 Å². The average molecular weight is 456 g/mol. The van der Waals surface area contributed by atoms with Crippen molar-refractivity contribution in [1.82, 2.24) is 10.2 Å². The standard InChI is InChI=1S/C25H33N3O5/c1-4-13-28-14-11-19(12-15-28)26-25(30)18-9-10-22(23(16-18)32-3)33-17-24(29)27-20-7-5-6-8-21(20)31-2/h5-10,16,19H,4,11-15,17H2,1-3H3,(H,26,30)(H,27,29). The van der Waals surface area contributed by atoms with Crippen molar-refractivity contribution < 1.29 is 23.8 Å². The zero-order valence-corrected chi connectivity index (χ0v) is 19.6. The molecule has 0 radical (unpaired) electrons. The lowest BCUT2D eigenvalue weighted by Crippen LogP contribution is -2.44. The number of benzene rings is 2. The number of ether oxygens (including phenoxy) is 3. The Balaban J connectivity index is 1.54. The molecule has 33 heavy (non-hydrogen) atoms. The van der Waals surface area contributed by atoms with Crippen LogP contribution < -0.4 is 24.8 Å². The smallest absolute Gasteiger partial charge is 0.262 e. The van der Waals surface area contributed by atoms with E-state index < -0.39 is 0 Å². The van der Waals surface area contributed by atoms with Crippen molar-refractivity contribution >= 4 is 17.5 Å². The third kappa shape index (κ3) is 6.86. The summed E-state index contributed by atoms with van der Waals surface area (Å²) in [6.07, 6.45) is 3.05. The van der Waals surface area contributed by atoms with E-state index in [9.17, 15) is 9.59 Å². The van der Waals surface area contributed by atoms with Gasteiger partial charge < -0.3 is 29.7 Å². The van der Waals surface area contributed by atoms with Crippen LogP contribution in [0.15, 0.2) is 42.5 Å². The first-order valence-electron chi connectivity index (χ1n) is 11.3. The summed E-state index contributed by atoms with van der Waals surface area (Å²) in [6, 6.07) is 12.3. The van der Waals surface area contributed by atoms with Crippen molar-refractivity contribution in [1.29, 1.82) is 0 Å². The van der Waals surface area contributed by atoms with Crippen LogP contribution in [0.25, 0.3) is 0 Å². The van der Waals surface area contributed by atoms with Crippen LogP contribution in [0.3, 0.4) is 0 Å². The predicted molar refractivity (Wildman–Crippen MR) is 127 cm³/mol. The second-order valence-corrected chi connectivity index (χ2v) is 7.99. The molecule has 2 N–H and O–H groups in total. The first-order chi connectivity index (χ1) is 16.0. The first-order valence-corrected chi connectivity index (χ1v) is 11.3. The number of rotatable bonds is 10. The summed E-state index contributed by atoms with van der Waals surface area (Å²) < 4.78 is 16.3. The summed E-state index contributed by atoms with van der Waals surface area (Å²) in [5.41, 5.74) is 1.06. The van der Waals surface area contributed by atoms with Gasteiger partial charge in [-0.3, -0.25) is 9.59 Å². The number of likely N-dealkylation sites (tertiary alicyclic amines) is 1. The van der Waals surface area contributed by atoms with Crippen LogP contribution in [0.1, 0.15) is 36.5 Å². The highest BCUT2D eigenvalue weighted by atomic mass is 16.5. The fourth-order valence-electron chi connectivity index (χ4n) is 3.89. The molecule has 0 unspecified atom stereocenters. The third-order valence-corrected chi connectivity index (χ3v) is 5.63. The number of nitrogens with zero attached hydrogens (tertiary/aromatic N) is 1. The summed E-state index contributed by atoms with van der Waals surface area (Å²) in [6.45, 7) is 5.09. The third-order valence-electron chi connectivity index (χ3n) is 5.63. The van der Waals surface area contributed by atoms with Crippen molar-refractivity contribution in [2.24, 2.45) is 0 Å². The summed E-state index contributed by atoms with van der Waals surface area (Å²) >= 11 is 0. The second kappa shape index (κ2) is 12.1. The van der Waals surface area contributed by atoms with Crippen LogP contribution in [0.4, 0.5) is 5.69 Å². The van der Waals surface area contributed by atoms with Gasteiger partial charge in [0, 0.05) is 24.7 Å². The minimum Gasteiger partial charge on any atom is -0.495 e. The maximum Gasteiger partial charge on any atom is 0.262 e. The van der Waals surface area contributed by atoms with Crippen LogP contribution in [0.5, 0.6) is 17.2 Å². The molecule has 8 nitrogen and oxygen atoms in total. The van der Waals surface area contributed by atoms with E-state index in [4.69, 9.17) is 14.2 Å². The topological polar surface area (TPSA) is 89.1 Å². The fourth-order valence-corrected chi connectivity index (χ4v) is 3.89. The SMILES string of the molecule is CCCN1CCC(NC(=O)c2ccc(OCC(=O)Nc3ccccc3OC)c(OC)c2)CC1. The molecule has 8 heteroatoms. The molecule has 2 aromatic carbocycles. The summed E-state index contributed by atoms with van der Waals surface area (Å²) in [5.74, 6) is 0.873. The molecule has 0 saturated carbocycles. The van der Waals surface area contributed by atoms with Crippen LogP contribution in [-0.4, -0.2) is 63.2 Å². The highest BCUT2D eigenvalue weighted by Crippen LogP contribution is 2.29. The Kier molecular flexibility index (Phi) is 8.95. The van der Waals surface area contributed by atoms with E-state index in [1.807, 2.05) is 6.07 Å². The van der Waals surface area contributed by atoms with Crippen LogP contribution in [0, 0.1) is 0 Å². The monoisotopic (exact) mass is 455 g/mol. The first kappa shape index (κ1) is 24.4. The van der Waals surface area contributed by atoms with E-state index in [2.05, 4.69) is 22.5 Å². The summed E-state index contributed by atoms with van der Waals surface area (Å²) in [5, 5.41) is 5.88. The number of amides is 2. The molecule has 2 amide bonds. The highest BCUT2D eigenvalue weighted by Gasteiger charge is 2.21. The van der Waals surface area contributed by atoms with Gasteiger partial charge in [-0.25, -0.2) is 0 Å². The molecule has 0 bridgehead atoms. The zero-order valence-electron chi connectivity index (χ0n) is 19.6. The van der Waals surface area contributed by atoms with Crippen LogP contribution in [0.2, 0.25) is 0 Å². The summed E-state index contributed by atoms with van der Waals surface area (Å²) in [4.78, 5) is 27.5. The number of methoxy groups -OCH3 is 2. The van der Waals surface area contributed by atoms with Gasteiger partial charge in [-0.15, -0.1) is 0 Å². The van der Waals surface area contributed by atoms with Gasteiger partial charge in [0.2, 0.25) is 0 Å². The van der Waals surface area contributed by atoms with Crippen LogP contribution in [-0.2, 0) is 4.79 Å². The van der Waals surface area contributed by atoms with E-state index in [1.54, 1.807) is 43.5 Å². The van der Waals surface area contributed by atoms with E-state index in [-0.39, 0.29) is 24.5 Å². The average Bonchev–Trinajstić information content (AvgIpc) is 2.84. The predicted octanol–water partition coefficient (Wildman–Crippen LogP) is 3.33. The molecule has 178 valence electrons. The fraction of sp³-hybridized carbons (Fsp3) is 0.440. The Morgan fingerprint density at radius 2 is 1.73 bits per heavy atom. The Bertz CT molecular complexity index is 941. The van der Waals surface area contributed by atoms with Gasteiger partial charge in [-0.2, -0.15) is 0 Å². The number of anilines is 1. The minimum atomic E-state index is -0.335. The maximum absolute atomic E-state index is 12.7. The van der Waals surface area contributed by atoms with Gasteiger partial charge in [0.25, 0.3) is 11.8 Å². The van der Waals surface area contributed by atoms with Crippen molar-refractivity contribution in [3.8, 4) is 17.2 Å². The van der Waals surface area contributed by atoms with Crippen LogP contribution >= 0.6 is 0 Å². The molecular formula is C25H33N3O5. The molecule has 0 spiro atoms. The Morgan fingerprint density at radius 3 is 2.42 bits per heavy atom. The maximum atomic E-state index is 12.7. The molecule has 1 heterocycles. The van der Waals surface area contributed by atoms with Crippen molar-refractivity contribution in [2.75, 3.05) is 45.8 Å². The van der Waals surface area contributed by atoms with Gasteiger partial charge in [0.1, 0.15) is 5.75 Å². The van der Waals surface area contributed by atoms with Crippen molar-refractivity contribution in [3.05, 3.63) is 48.0 Å². The molecular weight excluding hydrogens is 422 g/mol. The minimum absolute atomic E-state index is 0.136. The Hall–Kier alpha value is -3.26. The molecule has 2 aromatic rings. The van der Waals surface area contributed by atoms with E-state index >= 15 is 0 Å². The normalized spacial score (nSPS) is 14.4. The number of hydrogen-bond acceptors (Lipinski definition) is 6.